The third kappa shape index (κ3) is 2.72. The number of oxime groups is 1. The zero-order chi connectivity index (χ0) is 18.4. The number of benzene rings is 2. The molecule has 0 amide bonds. The first-order valence-corrected chi connectivity index (χ1v) is 8.66. The molecule has 1 aliphatic rings. The summed E-state index contributed by atoms with van der Waals surface area (Å²) >= 11 is 6.37. The van der Waals surface area contributed by atoms with Crippen molar-refractivity contribution in [3.05, 3.63) is 63.2 Å². The summed E-state index contributed by atoms with van der Waals surface area (Å²) in [6.07, 6.45) is 2.18. The predicted octanol–water partition coefficient (Wildman–Crippen LogP) is 3.23. The van der Waals surface area contributed by atoms with Crippen LogP contribution in [-0.2, 0) is 7.05 Å². The van der Waals surface area contributed by atoms with Crippen LogP contribution in [0.15, 0.2) is 46.3 Å². The van der Waals surface area contributed by atoms with E-state index in [-0.39, 0.29) is 11.4 Å². The number of nitrogens with zero attached hydrogens (tertiary/aromatic N) is 3. The molecule has 1 heterocycles. The Hall–Kier alpha value is -2.86. The molecule has 2 aromatic carbocycles. The van der Waals surface area contributed by atoms with Gasteiger partial charge in [0.15, 0.2) is 5.84 Å². The summed E-state index contributed by atoms with van der Waals surface area (Å²) in [7, 11) is 1.77. The third-order valence-electron chi connectivity index (χ3n) is 4.74. The fraction of sp³-hybridized carbons (Fsp3) is 0.211. The van der Waals surface area contributed by atoms with E-state index in [1.807, 2.05) is 18.2 Å². The Morgan fingerprint density at radius 3 is 2.73 bits per heavy atom. The van der Waals surface area contributed by atoms with Crippen LogP contribution in [0.2, 0.25) is 5.02 Å². The number of halogens is 1. The number of hydrogen-bond donors (Lipinski definition) is 2. The molecule has 132 valence electrons. The van der Waals surface area contributed by atoms with E-state index >= 15 is 0 Å². The molecule has 0 radical (unpaired) electrons. The van der Waals surface area contributed by atoms with E-state index in [2.05, 4.69) is 10.1 Å². The average Bonchev–Trinajstić information content (AvgIpc) is 3.48. The monoisotopic (exact) mass is 368 g/mol. The van der Waals surface area contributed by atoms with E-state index in [1.54, 1.807) is 29.8 Å². The second-order valence-corrected chi connectivity index (χ2v) is 6.93. The average molecular weight is 369 g/mol. The zero-order valence-corrected chi connectivity index (χ0v) is 14.9. The van der Waals surface area contributed by atoms with E-state index in [4.69, 9.17) is 22.5 Å². The molecule has 0 unspecified atom stereocenters. The highest BCUT2D eigenvalue weighted by Gasteiger charge is 2.28. The zero-order valence-electron chi connectivity index (χ0n) is 14.1. The minimum Gasteiger partial charge on any atom is -0.409 e. The van der Waals surface area contributed by atoms with Gasteiger partial charge in [0.25, 0.3) is 5.56 Å². The molecule has 3 aromatic rings. The van der Waals surface area contributed by atoms with Crippen LogP contribution in [-0.4, -0.2) is 20.6 Å². The molecule has 1 aromatic heterocycles. The van der Waals surface area contributed by atoms with Crippen LogP contribution < -0.4 is 11.3 Å². The lowest BCUT2D eigenvalue weighted by atomic mass is 10.0. The van der Waals surface area contributed by atoms with Crippen LogP contribution >= 0.6 is 11.6 Å². The summed E-state index contributed by atoms with van der Waals surface area (Å²) in [6.45, 7) is 0. The molecular formula is C19H17ClN4O2. The highest BCUT2D eigenvalue weighted by molar-refractivity contribution is 6.33. The lowest BCUT2D eigenvalue weighted by Crippen LogP contribution is -2.22. The number of aromatic nitrogens is 2. The van der Waals surface area contributed by atoms with Crippen LogP contribution in [0.1, 0.15) is 30.1 Å². The number of hydrogen-bond acceptors (Lipinski definition) is 4. The van der Waals surface area contributed by atoms with Gasteiger partial charge in [-0.05, 0) is 36.6 Å². The Labute approximate surface area is 154 Å². The van der Waals surface area contributed by atoms with Crippen molar-refractivity contribution in [3.8, 4) is 11.1 Å². The Kier molecular flexibility index (Phi) is 3.92. The molecule has 6 nitrogen and oxygen atoms in total. The summed E-state index contributed by atoms with van der Waals surface area (Å²) in [5.41, 5.74) is 8.33. The minimum atomic E-state index is -0.0526. The molecule has 3 N–H and O–H groups in total. The van der Waals surface area contributed by atoms with Crippen molar-refractivity contribution in [2.45, 2.75) is 18.8 Å². The second kappa shape index (κ2) is 6.14. The quantitative estimate of drug-likeness (QED) is 0.321. The topological polar surface area (TPSA) is 93.5 Å². The van der Waals surface area contributed by atoms with E-state index < -0.39 is 0 Å². The molecule has 1 saturated carbocycles. The maximum atomic E-state index is 12.8. The Morgan fingerprint density at radius 2 is 2.08 bits per heavy atom. The van der Waals surface area contributed by atoms with Crippen molar-refractivity contribution in [1.29, 1.82) is 0 Å². The van der Waals surface area contributed by atoms with Crippen molar-refractivity contribution in [2.75, 3.05) is 0 Å². The fourth-order valence-electron chi connectivity index (χ4n) is 3.13. The van der Waals surface area contributed by atoms with Crippen LogP contribution in [0.4, 0.5) is 0 Å². The van der Waals surface area contributed by atoms with Gasteiger partial charge in [-0.25, -0.2) is 4.98 Å². The summed E-state index contributed by atoms with van der Waals surface area (Å²) in [4.78, 5) is 17.4. The molecule has 7 heteroatoms. The number of rotatable bonds is 3. The number of amidine groups is 1. The van der Waals surface area contributed by atoms with E-state index in [1.165, 1.54) is 0 Å². The van der Waals surface area contributed by atoms with Gasteiger partial charge in [0, 0.05) is 29.1 Å². The molecule has 4 rings (SSSR count). The normalized spacial score (nSPS) is 14.8. The molecule has 1 fully saturated rings. The maximum absolute atomic E-state index is 12.8. The van der Waals surface area contributed by atoms with Crippen molar-refractivity contribution >= 4 is 28.3 Å². The third-order valence-corrected chi connectivity index (χ3v) is 5.05. The minimum absolute atomic E-state index is 0.0114. The standard InChI is InChI=1S/C19H17ClN4O2/c1-24-18(10-2-3-10)22-16-7-5-11(8-14(16)19(24)25)13-6-4-12(9-15(13)20)17(21)23-26/h4-10,26H,2-3H2,1H3,(H2,21,23). The highest BCUT2D eigenvalue weighted by atomic mass is 35.5. The molecule has 0 saturated heterocycles. The van der Waals surface area contributed by atoms with Gasteiger partial charge in [-0.1, -0.05) is 35.0 Å². The molecule has 0 bridgehead atoms. The van der Waals surface area contributed by atoms with Gasteiger partial charge in [0.1, 0.15) is 5.82 Å². The molecule has 0 spiro atoms. The molecule has 0 atom stereocenters. The van der Waals surface area contributed by atoms with Crippen LogP contribution in [0.3, 0.4) is 0 Å². The molecular weight excluding hydrogens is 352 g/mol. The van der Waals surface area contributed by atoms with Gasteiger partial charge < -0.3 is 10.9 Å². The lowest BCUT2D eigenvalue weighted by Gasteiger charge is -2.11. The van der Waals surface area contributed by atoms with Crippen LogP contribution in [0, 0.1) is 0 Å². The first kappa shape index (κ1) is 16.6. The van der Waals surface area contributed by atoms with E-state index in [0.717, 1.165) is 29.8 Å². The predicted molar refractivity (Wildman–Crippen MR) is 102 cm³/mol. The van der Waals surface area contributed by atoms with Crippen molar-refractivity contribution in [3.63, 3.8) is 0 Å². The van der Waals surface area contributed by atoms with E-state index in [9.17, 15) is 4.79 Å². The van der Waals surface area contributed by atoms with Crippen LogP contribution in [0.5, 0.6) is 0 Å². The Bertz CT molecular complexity index is 1120. The van der Waals surface area contributed by atoms with Gasteiger partial charge >= 0.3 is 0 Å². The smallest absolute Gasteiger partial charge is 0.261 e. The van der Waals surface area contributed by atoms with Crippen LogP contribution in [0.25, 0.3) is 22.0 Å². The molecule has 0 aliphatic heterocycles. The number of fused-ring (bicyclic) bond motifs is 1. The highest BCUT2D eigenvalue weighted by Crippen LogP contribution is 2.39. The summed E-state index contributed by atoms with van der Waals surface area (Å²) in [5.74, 6) is 1.25. The SMILES string of the molecule is Cn1c(C2CC2)nc2ccc(-c3ccc(/C(N)=N\O)cc3Cl)cc2c1=O. The Balaban J connectivity index is 1.84. The Morgan fingerprint density at radius 1 is 1.31 bits per heavy atom. The summed E-state index contributed by atoms with van der Waals surface area (Å²) in [5, 5.41) is 12.8. The first-order valence-electron chi connectivity index (χ1n) is 8.28. The van der Waals surface area contributed by atoms with Gasteiger partial charge in [-0.15, -0.1) is 0 Å². The van der Waals surface area contributed by atoms with Gasteiger partial charge in [0.05, 0.1) is 10.9 Å². The van der Waals surface area contributed by atoms with Gasteiger partial charge in [0.2, 0.25) is 0 Å². The molecule has 1 aliphatic carbocycles. The first-order chi connectivity index (χ1) is 12.5. The molecule has 26 heavy (non-hydrogen) atoms. The lowest BCUT2D eigenvalue weighted by molar-refractivity contribution is 0.318. The maximum Gasteiger partial charge on any atom is 0.261 e. The van der Waals surface area contributed by atoms with Crippen molar-refractivity contribution in [1.82, 2.24) is 9.55 Å². The van der Waals surface area contributed by atoms with Gasteiger partial charge in [-0.2, -0.15) is 0 Å². The fourth-order valence-corrected chi connectivity index (χ4v) is 3.42. The van der Waals surface area contributed by atoms with E-state index in [0.29, 0.717) is 27.4 Å². The second-order valence-electron chi connectivity index (χ2n) is 6.52. The van der Waals surface area contributed by atoms with Crippen molar-refractivity contribution in [2.24, 2.45) is 17.9 Å². The van der Waals surface area contributed by atoms with Gasteiger partial charge in [-0.3, -0.25) is 9.36 Å². The van der Waals surface area contributed by atoms with Crippen molar-refractivity contribution < 1.29 is 5.21 Å². The largest absolute Gasteiger partial charge is 0.409 e. The summed E-state index contributed by atoms with van der Waals surface area (Å²) < 4.78 is 1.65. The number of nitrogens with two attached hydrogens (primary N) is 1. The summed E-state index contributed by atoms with van der Waals surface area (Å²) in [6, 6.07) is 10.7.